The summed E-state index contributed by atoms with van der Waals surface area (Å²) in [4.78, 5) is 16.5. The zero-order valence-electron chi connectivity index (χ0n) is 11.2. The van der Waals surface area contributed by atoms with Gasteiger partial charge in [0.2, 0.25) is 0 Å². The zero-order chi connectivity index (χ0) is 13.8. The highest BCUT2D eigenvalue weighted by molar-refractivity contribution is 5.96. The van der Waals surface area contributed by atoms with E-state index in [-0.39, 0.29) is 5.91 Å². The Bertz CT molecular complexity index is 511. The van der Waals surface area contributed by atoms with Gasteiger partial charge in [-0.15, -0.1) is 6.42 Å². The second-order valence-corrected chi connectivity index (χ2v) is 4.85. The summed E-state index contributed by atoms with van der Waals surface area (Å²) in [5.74, 6) is 2.70. The zero-order valence-corrected chi connectivity index (χ0v) is 11.2. The molecule has 0 bridgehead atoms. The fraction of sp³-hybridized carbons (Fsp3) is 0.400. The topological polar surface area (TPSA) is 49.6 Å². The molecule has 0 unspecified atom stereocenters. The number of amides is 1. The quantitative estimate of drug-likeness (QED) is 0.634. The van der Waals surface area contributed by atoms with Crippen LogP contribution >= 0.6 is 0 Å². The van der Waals surface area contributed by atoms with E-state index in [1.807, 2.05) is 24.0 Å². The van der Waals surface area contributed by atoms with E-state index >= 15 is 0 Å². The predicted octanol–water partition coefficient (Wildman–Crippen LogP) is 0.968. The first-order valence-electron chi connectivity index (χ1n) is 6.43. The number of carbonyl (C=O) groups excluding carboxylic acids is 1. The number of nitrogens with two attached hydrogens (primary N) is 1. The van der Waals surface area contributed by atoms with Crippen molar-refractivity contribution in [3.05, 3.63) is 29.3 Å². The molecule has 1 aliphatic heterocycles. The Kier molecular flexibility index (Phi) is 4.08. The minimum absolute atomic E-state index is 0.0603. The molecular weight excluding hydrogens is 238 g/mol. The highest BCUT2D eigenvalue weighted by Gasteiger charge is 2.22. The van der Waals surface area contributed by atoms with Crippen LogP contribution < -0.4 is 5.73 Å². The maximum Gasteiger partial charge on any atom is 0.254 e. The van der Waals surface area contributed by atoms with Gasteiger partial charge in [0, 0.05) is 37.4 Å². The monoisotopic (exact) mass is 257 g/mol. The summed E-state index contributed by atoms with van der Waals surface area (Å²) in [5, 5.41) is 0. The molecule has 0 atom stereocenters. The smallest absolute Gasteiger partial charge is 0.254 e. The van der Waals surface area contributed by atoms with Gasteiger partial charge in [-0.05, 0) is 24.6 Å². The van der Waals surface area contributed by atoms with Crippen LogP contribution in [0.1, 0.15) is 15.9 Å². The van der Waals surface area contributed by atoms with E-state index in [1.54, 1.807) is 6.07 Å². The van der Waals surface area contributed by atoms with E-state index in [1.165, 1.54) is 0 Å². The fourth-order valence-electron chi connectivity index (χ4n) is 2.28. The van der Waals surface area contributed by atoms with Crippen LogP contribution in [0, 0.1) is 19.3 Å². The van der Waals surface area contributed by atoms with Gasteiger partial charge in [-0.3, -0.25) is 9.69 Å². The van der Waals surface area contributed by atoms with Crippen molar-refractivity contribution < 1.29 is 4.79 Å². The molecule has 100 valence electrons. The first-order valence-corrected chi connectivity index (χ1v) is 6.43. The largest absolute Gasteiger partial charge is 0.399 e. The van der Waals surface area contributed by atoms with Gasteiger partial charge in [-0.25, -0.2) is 0 Å². The molecule has 0 radical (unpaired) electrons. The van der Waals surface area contributed by atoms with Crippen molar-refractivity contribution >= 4 is 11.6 Å². The van der Waals surface area contributed by atoms with Crippen LogP contribution in [0.25, 0.3) is 0 Å². The van der Waals surface area contributed by atoms with Gasteiger partial charge in [0.15, 0.2) is 0 Å². The number of hydrogen-bond acceptors (Lipinski definition) is 3. The Hall–Kier alpha value is -1.99. The minimum atomic E-state index is 0.0603. The van der Waals surface area contributed by atoms with Crippen LogP contribution in [0.15, 0.2) is 18.2 Å². The first-order chi connectivity index (χ1) is 9.11. The molecule has 2 N–H and O–H groups in total. The van der Waals surface area contributed by atoms with Crippen LogP contribution in [0.2, 0.25) is 0 Å². The van der Waals surface area contributed by atoms with E-state index in [9.17, 15) is 4.79 Å². The van der Waals surface area contributed by atoms with Crippen molar-refractivity contribution in [3.63, 3.8) is 0 Å². The molecule has 1 fully saturated rings. The van der Waals surface area contributed by atoms with Gasteiger partial charge >= 0.3 is 0 Å². The number of anilines is 1. The summed E-state index contributed by atoms with van der Waals surface area (Å²) in [7, 11) is 0. The summed E-state index contributed by atoms with van der Waals surface area (Å²) in [6.07, 6.45) is 5.30. The molecule has 1 amide bonds. The van der Waals surface area contributed by atoms with Crippen molar-refractivity contribution in [2.45, 2.75) is 6.92 Å². The number of terminal acetylenes is 1. The normalized spacial score (nSPS) is 16.1. The van der Waals surface area contributed by atoms with Gasteiger partial charge < -0.3 is 10.6 Å². The highest BCUT2D eigenvalue weighted by Crippen LogP contribution is 2.16. The molecule has 2 rings (SSSR count). The maximum atomic E-state index is 12.4. The summed E-state index contributed by atoms with van der Waals surface area (Å²) in [6.45, 7) is 5.68. The molecule has 1 aromatic rings. The molecule has 1 aliphatic rings. The number of piperazine rings is 1. The maximum absolute atomic E-state index is 12.4. The SMILES string of the molecule is C#CCN1CCN(C(=O)c2cc(N)ccc2C)CC1. The third-order valence-corrected chi connectivity index (χ3v) is 3.47. The molecule has 4 nitrogen and oxygen atoms in total. The van der Waals surface area contributed by atoms with Gasteiger partial charge in [0.05, 0.1) is 6.54 Å². The van der Waals surface area contributed by atoms with Crippen LogP contribution in [-0.2, 0) is 0 Å². The first kappa shape index (κ1) is 13.4. The molecule has 1 aromatic carbocycles. The average Bonchev–Trinajstić information content (AvgIpc) is 2.42. The van der Waals surface area contributed by atoms with Crippen LogP contribution in [0.3, 0.4) is 0 Å². The highest BCUT2D eigenvalue weighted by atomic mass is 16.2. The van der Waals surface area contributed by atoms with E-state index in [0.717, 1.165) is 31.7 Å². The number of nitrogen functional groups attached to an aromatic ring is 1. The van der Waals surface area contributed by atoms with Gasteiger partial charge in [-0.2, -0.15) is 0 Å². The van der Waals surface area contributed by atoms with Crippen molar-refractivity contribution in [2.75, 3.05) is 38.5 Å². The number of nitrogens with zero attached hydrogens (tertiary/aromatic N) is 2. The molecule has 0 aliphatic carbocycles. The summed E-state index contributed by atoms with van der Waals surface area (Å²) >= 11 is 0. The van der Waals surface area contributed by atoms with Crippen molar-refractivity contribution in [3.8, 4) is 12.3 Å². The van der Waals surface area contributed by atoms with Gasteiger partial charge in [-0.1, -0.05) is 12.0 Å². The third-order valence-electron chi connectivity index (χ3n) is 3.47. The number of aryl methyl sites for hydroxylation is 1. The second-order valence-electron chi connectivity index (χ2n) is 4.85. The van der Waals surface area contributed by atoms with Crippen LogP contribution in [-0.4, -0.2) is 48.4 Å². The lowest BCUT2D eigenvalue weighted by atomic mass is 10.1. The van der Waals surface area contributed by atoms with E-state index in [0.29, 0.717) is 17.8 Å². The number of carbonyl (C=O) groups is 1. The van der Waals surface area contributed by atoms with E-state index < -0.39 is 0 Å². The van der Waals surface area contributed by atoms with Crippen molar-refractivity contribution in [1.29, 1.82) is 0 Å². The molecular formula is C15H19N3O. The number of benzene rings is 1. The molecule has 0 saturated carbocycles. The lowest BCUT2D eigenvalue weighted by molar-refractivity contribution is 0.0651. The van der Waals surface area contributed by atoms with Crippen molar-refractivity contribution in [1.82, 2.24) is 9.80 Å². The van der Waals surface area contributed by atoms with Crippen molar-refractivity contribution in [2.24, 2.45) is 0 Å². The Morgan fingerprint density at radius 3 is 2.68 bits per heavy atom. The Morgan fingerprint density at radius 2 is 2.05 bits per heavy atom. The molecule has 0 aromatic heterocycles. The fourth-order valence-corrected chi connectivity index (χ4v) is 2.28. The summed E-state index contributed by atoms with van der Waals surface area (Å²) in [5.41, 5.74) is 8.04. The second kappa shape index (κ2) is 5.77. The molecule has 4 heteroatoms. The number of hydrogen-bond donors (Lipinski definition) is 1. The Morgan fingerprint density at radius 1 is 1.37 bits per heavy atom. The third kappa shape index (κ3) is 3.07. The summed E-state index contributed by atoms with van der Waals surface area (Å²) in [6, 6.07) is 5.46. The lowest BCUT2D eigenvalue weighted by Crippen LogP contribution is -2.48. The van der Waals surface area contributed by atoms with E-state index in [2.05, 4.69) is 10.8 Å². The molecule has 0 spiro atoms. The molecule has 1 saturated heterocycles. The summed E-state index contributed by atoms with van der Waals surface area (Å²) < 4.78 is 0. The average molecular weight is 257 g/mol. The number of rotatable bonds is 2. The minimum Gasteiger partial charge on any atom is -0.399 e. The van der Waals surface area contributed by atoms with Crippen LogP contribution in [0.4, 0.5) is 5.69 Å². The Balaban J connectivity index is 2.05. The standard InChI is InChI=1S/C15H19N3O/c1-3-6-17-7-9-18(10-8-17)15(19)14-11-13(16)5-4-12(14)2/h1,4-5,11H,6-10,16H2,2H3. The predicted molar refractivity (Wildman–Crippen MR) is 76.8 cm³/mol. The van der Waals surface area contributed by atoms with Gasteiger partial charge in [0.1, 0.15) is 0 Å². The lowest BCUT2D eigenvalue weighted by Gasteiger charge is -2.34. The Labute approximate surface area is 114 Å². The molecule has 1 heterocycles. The van der Waals surface area contributed by atoms with Crippen LogP contribution in [0.5, 0.6) is 0 Å². The van der Waals surface area contributed by atoms with E-state index in [4.69, 9.17) is 12.2 Å². The molecule has 19 heavy (non-hydrogen) atoms. The van der Waals surface area contributed by atoms with Gasteiger partial charge in [0.25, 0.3) is 5.91 Å².